The maximum absolute atomic E-state index is 13.0. The zero-order valence-electron chi connectivity index (χ0n) is 18.8. The minimum atomic E-state index is -0.787. The first-order valence-corrected chi connectivity index (χ1v) is 10.9. The summed E-state index contributed by atoms with van der Waals surface area (Å²) in [6.45, 7) is 5.03. The van der Waals surface area contributed by atoms with Crippen LogP contribution in [-0.4, -0.2) is 66.4 Å². The van der Waals surface area contributed by atoms with Gasteiger partial charge in [-0.15, -0.1) is 0 Å². The molecule has 0 bridgehead atoms. The number of ketones is 1. The number of nitrogens with zero attached hydrogens (tertiary/aromatic N) is 1. The minimum Gasteiger partial charge on any atom is -0.507 e. The Morgan fingerprint density at radius 2 is 1.48 bits per heavy atom. The van der Waals surface area contributed by atoms with Crippen LogP contribution >= 0.6 is 0 Å². The van der Waals surface area contributed by atoms with Crippen LogP contribution in [0.5, 0.6) is 11.5 Å². The average molecular weight is 456 g/mol. The summed E-state index contributed by atoms with van der Waals surface area (Å²) in [6, 6.07) is 13.0. The van der Waals surface area contributed by atoms with Crippen molar-refractivity contribution in [3.05, 3.63) is 65.2 Å². The van der Waals surface area contributed by atoms with Crippen molar-refractivity contribution in [1.29, 1.82) is 0 Å². The van der Waals surface area contributed by atoms with Crippen LogP contribution in [0.1, 0.15) is 31.0 Å². The van der Waals surface area contributed by atoms with E-state index in [1.54, 1.807) is 48.5 Å². The van der Waals surface area contributed by atoms with E-state index in [2.05, 4.69) is 0 Å². The van der Waals surface area contributed by atoms with Crippen LogP contribution < -0.4 is 9.47 Å². The molecule has 0 aliphatic carbocycles. The van der Waals surface area contributed by atoms with E-state index in [9.17, 15) is 14.7 Å². The largest absolute Gasteiger partial charge is 0.507 e. The monoisotopic (exact) mass is 455 g/mol. The highest BCUT2D eigenvalue weighted by Crippen LogP contribution is 2.39. The fraction of sp³-hybridized carbons (Fsp3) is 0.360. The van der Waals surface area contributed by atoms with Gasteiger partial charge < -0.3 is 29.3 Å². The lowest BCUT2D eigenvalue weighted by Crippen LogP contribution is -2.33. The van der Waals surface area contributed by atoms with Crippen LogP contribution in [-0.2, 0) is 14.3 Å². The molecular weight excluding hydrogens is 426 g/mol. The van der Waals surface area contributed by atoms with Crippen molar-refractivity contribution in [2.75, 3.05) is 39.6 Å². The predicted molar refractivity (Wildman–Crippen MR) is 122 cm³/mol. The number of hydrogen-bond acceptors (Lipinski definition) is 7. The Balaban J connectivity index is 2.01. The Morgan fingerprint density at radius 1 is 0.909 bits per heavy atom. The first kappa shape index (κ1) is 24.3. The van der Waals surface area contributed by atoms with E-state index in [1.165, 1.54) is 4.90 Å². The molecule has 176 valence electrons. The first-order valence-electron chi connectivity index (χ1n) is 10.9. The van der Waals surface area contributed by atoms with E-state index in [0.29, 0.717) is 35.8 Å². The zero-order chi connectivity index (χ0) is 23.8. The molecule has 1 amide bonds. The first-order chi connectivity index (χ1) is 16.0. The summed E-state index contributed by atoms with van der Waals surface area (Å²) in [5.41, 5.74) is 1.08. The number of likely N-dealkylation sites (tertiary alicyclic amines) is 1. The Kier molecular flexibility index (Phi) is 8.46. The number of aliphatic hydroxyl groups excluding tert-OH is 2. The van der Waals surface area contributed by atoms with E-state index in [-0.39, 0.29) is 37.7 Å². The minimum absolute atomic E-state index is 0.00970. The molecule has 2 aromatic carbocycles. The molecule has 1 fully saturated rings. The van der Waals surface area contributed by atoms with Crippen molar-refractivity contribution >= 4 is 17.4 Å². The summed E-state index contributed by atoms with van der Waals surface area (Å²) in [5, 5.41) is 20.0. The molecule has 1 atom stereocenters. The summed E-state index contributed by atoms with van der Waals surface area (Å²) in [5.74, 6) is -0.431. The number of carbonyl (C=O) groups excluding carboxylic acids is 2. The van der Waals surface area contributed by atoms with Crippen LogP contribution in [0.4, 0.5) is 0 Å². The fourth-order valence-electron chi connectivity index (χ4n) is 3.73. The number of rotatable bonds is 11. The van der Waals surface area contributed by atoms with Crippen LogP contribution in [0.2, 0.25) is 0 Å². The van der Waals surface area contributed by atoms with Crippen LogP contribution in [0.25, 0.3) is 5.76 Å². The van der Waals surface area contributed by atoms with Crippen molar-refractivity contribution in [1.82, 2.24) is 4.90 Å². The number of hydrogen-bond donors (Lipinski definition) is 2. The van der Waals surface area contributed by atoms with E-state index in [0.717, 1.165) is 0 Å². The van der Waals surface area contributed by atoms with Crippen LogP contribution in [0.15, 0.2) is 54.1 Å². The third-order valence-electron chi connectivity index (χ3n) is 5.20. The summed E-state index contributed by atoms with van der Waals surface area (Å²) < 4.78 is 16.2. The highest BCUT2D eigenvalue weighted by molar-refractivity contribution is 6.46. The molecule has 0 aromatic heterocycles. The molecule has 33 heavy (non-hydrogen) atoms. The smallest absolute Gasteiger partial charge is 0.295 e. The van der Waals surface area contributed by atoms with Crippen molar-refractivity contribution in [2.45, 2.75) is 19.9 Å². The molecular formula is C25H29NO7. The van der Waals surface area contributed by atoms with Gasteiger partial charge in [0.15, 0.2) is 0 Å². The van der Waals surface area contributed by atoms with Gasteiger partial charge in [0.1, 0.15) is 17.3 Å². The Labute approximate surface area is 193 Å². The van der Waals surface area contributed by atoms with Gasteiger partial charge in [0.25, 0.3) is 11.7 Å². The zero-order valence-corrected chi connectivity index (χ0v) is 18.8. The van der Waals surface area contributed by atoms with Gasteiger partial charge in [-0.2, -0.15) is 0 Å². The third kappa shape index (κ3) is 5.53. The molecule has 1 heterocycles. The lowest BCUT2D eigenvalue weighted by Gasteiger charge is -2.25. The van der Waals surface area contributed by atoms with Crippen molar-refractivity contribution < 1.29 is 34.0 Å². The molecule has 1 aliphatic rings. The Bertz CT molecular complexity index is 983. The average Bonchev–Trinajstić information content (AvgIpc) is 3.08. The second kappa shape index (κ2) is 11.5. The summed E-state index contributed by atoms with van der Waals surface area (Å²) in [4.78, 5) is 27.3. The quantitative estimate of drug-likeness (QED) is 0.232. The molecule has 0 spiro atoms. The van der Waals surface area contributed by atoms with Gasteiger partial charge in [-0.1, -0.05) is 12.1 Å². The topological polar surface area (TPSA) is 106 Å². The molecule has 2 N–H and O–H groups in total. The Morgan fingerprint density at radius 3 is 2.03 bits per heavy atom. The molecule has 0 saturated carbocycles. The van der Waals surface area contributed by atoms with Crippen molar-refractivity contribution in [3.63, 3.8) is 0 Å². The highest BCUT2D eigenvalue weighted by Gasteiger charge is 2.45. The maximum Gasteiger partial charge on any atom is 0.295 e. The number of amides is 1. The van der Waals surface area contributed by atoms with E-state index < -0.39 is 17.7 Å². The van der Waals surface area contributed by atoms with Gasteiger partial charge in [-0.25, -0.2) is 0 Å². The second-order valence-corrected chi connectivity index (χ2v) is 7.29. The lowest BCUT2D eigenvalue weighted by molar-refractivity contribution is -0.140. The number of aliphatic hydroxyl groups is 2. The molecule has 0 unspecified atom stereocenters. The standard InChI is InChI=1S/C25H29NO7/c1-3-32-19-9-5-17(6-10-19)22-21(23(28)18-7-11-20(12-8-18)33-4-2)24(29)25(30)26(22)13-15-31-16-14-27/h5-12,22,27-28H,3-4,13-16H2,1-2H3/t22-/m1/s1. The van der Waals surface area contributed by atoms with Crippen LogP contribution in [0, 0.1) is 0 Å². The van der Waals surface area contributed by atoms with Crippen molar-refractivity contribution in [2.24, 2.45) is 0 Å². The maximum atomic E-state index is 13.0. The molecule has 3 rings (SSSR count). The molecule has 2 aromatic rings. The van der Waals surface area contributed by atoms with Gasteiger partial charge in [0.2, 0.25) is 0 Å². The lowest BCUT2D eigenvalue weighted by atomic mass is 9.95. The van der Waals surface area contributed by atoms with Crippen LogP contribution in [0.3, 0.4) is 0 Å². The van der Waals surface area contributed by atoms with E-state index in [4.69, 9.17) is 19.3 Å². The number of Topliss-reactive ketones (excluding diaryl/α,β-unsaturated/α-hetero) is 1. The van der Waals surface area contributed by atoms with E-state index in [1.807, 2.05) is 13.8 Å². The fourth-order valence-corrected chi connectivity index (χ4v) is 3.73. The molecule has 1 aliphatic heterocycles. The molecule has 1 saturated heterocycles. The van der Waals surface area contributed by atoms with Crippen molar-refractivity contribution in [3.8, 4) is 11.5 Å². The number of benzene rings is 2. The van der Waals surface area contributed by atoms with Gasteiger partial charge >= 0.3 is 0 Å². The second-order valence-electron chi connectivity index (χ2n) is 7.29. The molecule has 0 radical (unpaired) electrons. The number of carbonyl (C=O) groups is 2. The highest BCUT2D eigenvalue weighted by atomic mass is 16.5. The third-order valence-corrected chi connectivity index (χ3v) is 5.20. The van der Waals surface area contributed by atoms with Gasteiger partial charge in [-0.05, 0) is 55.8 Å². The Hall–Kier alpha value is -3.36. The van der Waals surface area contributed by atoms with Gasteiger partial charge in [-0.3, -0.25) is 9.59 Å². The van der Waals surface area contributed by atoms with Gasteiger partial charge in [0.05, 0.1) is 44.6 Å². The SMILES string of the molecule is CCOc1ccc(C(O)=C2C(=O)C(=O)N(CCOCCO)[C@@H]2c2ccc(OCC)cc2)cc1. The normalized spacial score (nSPS) is 17.4. The van der Waals surface area contributed by atoms with Gasteiger partial charge in [0, 0.05) is 12.1 Å². The summed E-state index contributed by atoms with van der Waals surface area (Å²) >= 11 is 0. The predicted octanol–water partition coefficient (Wildman–Crippen LogP) is 2.91. The molecule has 8 heteroatoms. The van der Waals surface area contributed by atoms with E-state index >= 15 is 0 Å². The molecule has 8 nitrogen and oxygen atoms in total. The number of ether oxygens (including phenoxy) is 3. The summed E-state index contributed by atoms with van der Waals surface area (Å²) in [6.07, 6.45) is 0. The summed E-state index contributed by atoms with van der Waals surface area (Å²) in [7, 11) is 0.